The molecule has 0 spiro atoms. The Morgan fingerprint density at radius 3 is 2.04 bits per heavy atom. The molecule has 1 unspecified atom stereocenters. The van der Waals surface area contributed by atoms with Crippen LogP contribution in [0, 0.1) is 5.41 Å². The van der Waals surface area contributed by atoms with Gasteiger partial charge >= 0.3 is 11.9 Å². The van der Waals surface area contributed by atoms with E-state index in [-0.39, 0.29) is 24.8 Å². The molecule has 1 rings (SSSR count). The summed E-state index contributed by atoms with van der Waals surface area (Å²) in [5.41, 5.74) is -0.578. The fourth-order valence-corrected chi connectivity index (χ4v) is 1.83. The van der Waals surface area contributed by atoms with Gasteiger partial charge in [-0.2, -0.15) is 0 Å². The van der Waals surface area contributed by atoms with Gasteiger partial charge in [0.05, 0.1) is 11.0 Å². The van der Waals surface area contributed by atoms with Gasteiger partial charge in [0.15, 0.2) is 0 Å². The first-order chi connectivity index (χ1) is 11.9. The summed E-state index contributed by atoms with van der Waals surface area (Å²) in [6.45, 7) is 10.8. The van der Waals surface area contributed by atoms with Gasteiger partial charge in [0.2, 0.25) is 0 Å². The first-order valence-corrected chi connectivity index (χ1v) is 8.76. The molecule has 1 N–H and O–H groups in total. The van der Waals surface area contributed by atoms with Crippen LogP contribution in [0.5, 0.6) is 5.75 Å². The smallest absolute Gasteiger partial charge is 0.338 e. The molecule has 0 bridgehead atoms. The molecule has 0 saturated heterocycles. The van der Waals surface area contributed by atoms with Crippen LogP contribution in [0.25, 0.3) is 0 Å². The maximum Gasteiger partial charge on any atom is 0.338 e. The van der Waals surface area contributed by atoms with Gasteiger partial charge in [-0.05, 0) is 65.3 Å². The standard InChI is InChI=1S/C20H30O6/c1-7-20(5,6)18(23)25-13-15(21)12-24-17(22)14-8-10-16(11-9-14)26-19(2,3)4/h8-11,15,21H,7,12-13H2,1-6H3. The summed E-state index contributed by atoms with van der Waals surface area (Å²) in [5, 5.41) is 9.83. The van der Waals surface area contributed by atoms with Gasteiger partial charge in [0.1, 0.15) is 30.7 Å². The van der Waals surface area contributed by atoms with Crippen LogP contribution in [-0.2, 0) is 14.3 Å². The van der Waals surface area contributed by atoms with Gasteiger partial charge in [0, 0.05) is 0 Å². The van der Waals surface area contributed by atoms with Crippen LogP contribution in [0.4, 0.5) is 0 Å². The second-order valence-electron chi connectivity index (χ2n) is 7.83. The minimum absolute atomic E-state index is 0.214. The highest BCUT2D eigenvalue weighted by Crippen LogP contribution is 2.21. The van der Waals surface area contributed by atoms with Crippen molar-refractivity contribution in [3.63, 3.8) is 0 Å². The molecule has 6 nitrogen and oxygen atoms in total. The highest BCUT2D eigenvalue weighted by Gasteiger charge is 2.27. The largest absolute Gasteiger partial charge is 0.488 e. The van der Waals surface area contributed by atoms with Crippen molar-refractivity contribution in [3.8, 4) is 5.75 Å². The lowest BCUT2D eigenvalue weighted by molar-refractivity contribution is -0.157. The maximum atomic E-state index is 12.0. The summed E-state index contributed by atoms with van der Waals surface area (Å²) >= 11 is 0. The number of aliphatic hydroxyl groups is 1. The highest BCUT2D eigenvalue weighted by atomic mass is 16.6. The Kier molecular flexibility index (Phi) is 7.63. The van der Waals surface area contributed by atoms with Crippen molar-refractivity contribution in [3.05, 3.63) is 29.8 Å². The van der Waals surface area contributed by atoms with Crippen molar-refractivity contribution in [1.82, 2.24) is 0 Å². The van der Waals surface area contributed by atoms with Gasteiger partial charge in [0.25, 0.3) is 0 Å². The van der Waals surface area contributed by atoms with E-state index >= 15 is 0 Å². The molecule has 0 aromatic heterocycles. The third-order valence-corrected chi connectivity index (χ3v) is 3.76. The lowest BCUT2D eigenvalue weighted by Crippen LogP contribution is -2.31. The molecule has 0 amide bonds. The second kappa shape index (κ2) is 9.03. The zero-order chi connectivity index (χ0) is 20.0. The second-order valence-corrected chi connectivity index (χ2v) is 7.83. The minimum atomic E-state index is -1.07. The molecule has 1 aromatic carbocycles. The average Bonchev–Trinajstić information content (AvgIpc) is 2.56. The highest BCUT2D eigenvalue weighted by molar-refractivity contribution is 5.89. The molecule has 0 aliphatic carbocycles. The number of ether oxygens (including phenoxy) is 3. The fraction of sp³-hybridized carbons (Fsp3) is 0.600. The van der Waals surface area contributed by atoms with Crippen molar-refractivity contribution < 1.29 is 28.9 Å². The van der Waals surface area contributed by atoms with E-state index in [0.29, 0.717) is 17.7 Å². The monoisotopic (exact) mass is 366 g/mol. The summed E-state index contributed by atoms with van der Waals surface area (Å²) in [6, 6.07) is 6.57. The number of carbonyl (C=O) groups is 2. The number of rotatable bonds is 8. The SMILES string of the molecule is CCC(C)(C)C(=O)OCC(O)COC(=O)c1ccc(OC(C)(C)C)cc1. The number of carbonyl (C=O) groups excluding carboxylic acids is 2. The van der Waals surface area contributed by atoms with E-state index in [1.54, 1.807) is 38.1 Å². The van der Waals surface area contributed by atoms with Crippen molar-refractivity contribution in [1.29, 1.82) is 0 Å². The van der Waals surface area contributed by atoms with Gasteiger partial charge in [-0.15, -0.1) is 0 Å². The molecule has 0 fully saturated rings. The van der Waals surface area contributed by atoms with E-state index < -0.39 is 17.5 Å². The van der Waals surface area contributed by atoms with Crippen molar-refractivity contribution in [2.45, 2.75) is 59.7 Å². The van der Waals surface area contributed by atoms with Crippen LogP contribution >= 0.6 is 0 Å². The van der Waals surface area contributed by atoms with Crippen LogP contribution in [0.15, 0.2) is 24.3 Å². The van der Waals surface area contributed by atoms with E-state index in [0.717, 1.165) is 0 Å². The van der Waals surface area contributed by atoms with E-state index in [2.05, 4.69) is 0 Å². The number of esters is 2. The molecule has 0 heterocycles. The molecule has 146 valence electrons. The zero-order valence-electron chi connectivity index (χ0n) is 16.5. The molecule has 0 aliphatic rings. The third kappa shape index (κ3) is 7.44. The number of benzene rings is 1. The Morgan fingerprint density at radius 2 is 1.54 bits per heavy atom. The molecular formula is C20H30O6. The number of aliphatic hydroxyl groups excluding tert-OH is 1. The predicted molar refractivity (Wildman–Crippen MR) is 98.1 cm³/mol. The molecule has 1 atom stereocenters. The van der Waals surface area contributed by atoms with Crippen LogP contribution in [0.3, 0.4) is 0 Å². The van der Waals surface area contributed by atoms with Gasteiger partial charge in [-0.3, -0.25) is 4.79 Å². The Hall–Kier alpha value is -2.08. The number of hydrogen-bond acceptors (Lipinski definition) is 6. The Balaban J connectivity index is 2.45. The summed E-state index contributed by atoms with van der Waals surface area (Å²) in [5.74, 6) is -0.300. The quantitative estimate of drug-likeness (QED) is 0.711. The van der Waals surface area contributed by atoms with Crippen molar-refractivity contribution >= 4 is 11.9 Å². The van der Waals surface area contributed by atoms with Crippen LogP contribution in [0.2, 0.25) is 0 Å². The average molecular weight is 366 g/mol. The lowest BCUT2D eigenvalue weighted by Gasteiger charge is -2.21. The van der Waals surface area contributed by atoms with E-state index in [1.165, 1.54) is 0 Å². The first kappa shape index (κ1) is 22.0. The molecule has 6 heteroatoms. The third-order valence-electron chi connectivity index (χ3n) is 3.76. The summed E-state index contributed by atoms with van der Waals surface area (Å²) in [4.78, 5) is 23.8. The van der Waals surface area contributed by atoms with Crippen LogP contribution < -0.4 is 4.74 Å². The summed E-state index contributed by atoms with van der Waals surface area (Å²) in [6.07, 6.45) is -0.440. The maximum absolute atomic E-state index is 12.0. The van der Waals surface area contributed by atoms with Crippen molar-refractivity contribution in [2.24, 2.45) is 5.41 Å². The lowest BCUT2D eigenvalue weighted by atomic mass is 9.91. The molecule has 0 aliphatic heterocycles. The van der Waals surface area contributed by atoms with Gasteiger partial charge < -0.3 is 19.3 Å². The molecule has 0 saturated carbocycles. The van der Waals surface area contributed by atoms with E-state index in [4.69, 9.17) is 14.2 Å². The van der Waals surface area contributed by atoms with E-state index in [1.807, 2.05) is 27.7 Å². The topological polar surface area (TPSA) is 82.1 Å². The van der Waals surface area contributed by atoms with Crippen LogP contribution in [-0.4, -0.2) is 42.0 Å². The first-order valence-electron chi connectivity index (χ1n) is 8.76. The fourth-order valence-electron chi connectivity index (χ4n) is 1.83. The molecular weight excluding hydrogens is 336 g/mol. The van der Waals surface area contributed by atoms with E-state index in [9.17, 15) is 14.7 Å². The van der Waals surface area contributed by atoms with Crippen molar-refractivity contribution in [2.75, 3.05) is 13.2 Å². The number of hydrogen-bond donors (Lipinski definition) is 1. The minimum Gasteiger partial charge on any atom is -0.488 e. The summed E-state index contributed by atoms with van der Waals surface area (Å²) < 4.78 is 15.8. The molecule has 0 radical (unpaired) electrons. The Bertz CT molecular complexity index is 598. The predicted octanol–water partition coefficient (Wildman–Crippen LogP) is 3.36. The summed E-state index contributed by atoms with van der Waals surface area (Å²) in [7, 11) is 0. The van der Waals surface area contributed by atoms with Gasteiger partial charge in [-0.25, -0.2) is 4.79 Å². The normalized spacial score (nSPS) is 13.0. The van der Waals surface area contributed by atoms with Gasteiger partial charge in [-0.1, -0.05) is 6.92 Å². The van der Waals surface area contributed by atoms with Crippen LogP contribution in [0.1, 0.15) is 58.3 Å². The molecule has 26 heavy (non-hydrogen) atoms. The zero-order valence-corrected chi connectivity index (χ0v) is 16.5. The Morgan fingerprint density at radius 1 is 1.00 bits per heavy atom. The molecule has 1 aromatic rings. The Labute approximate surface area is 155 Å².